The molecule has 0 spiro atoms. The molecule has 0 atom stereocenters. The fourth-order valence-corrected chi connectivity index (χ4v) is 3.32. The molecule has 1 aromatic carbocycles. The van der Waals surface area contributed by atoms with E-state index in [-0.39, 0.29) is 0 Å². The Labute approximate surface area is 144 Å². The first-order valence-electron chi connectivity index (χ1n) is 8.04. The largest absolute Gasteiger partial charge is 0.493 e. The molecule has 0 aromatic heterocycles. The molecule has 23 heavy (non-hydrogen) atoms. The standard InChI is InChI=1S/C18H27ClN2O2/c1-13(2)12-21-7-5-15(6-8-21)20-11-14-9-16(19)18(23-4)17(10-14)22-3/h9-10,15,20H,1,5-8,11-12H2,2-4H3. The second-order valence-corrected chi connectivity index (χ2v) is 6.61. The van der Waals surface area contributed by atoms with Gasteiger partial charge >= 0.3 is 0 Å². The Bertz CT molecular complexity index is 540. The van der Waals surface area contributed by atoms with Crippen LogP contribution in [0.1, 0.15) is 25.3 Å². The Kier molecular flexibility index (Phi) is 6.75. The molecule has 0 aliphatic carbocycles. The van der Waals surface area contributed by atoms with Crippen molar-refractivity contribution in [3.05, 3.63) is 34.9 Å². The molecule has 0 unspecified atom stereocenters. The molecule has 4 nitrogen and oxygen atoms in total. The molecule has 1 aliphatic heterocycles. The van der Waals surface area contributed by atoms with Gasteiger partial charge in [0.2, 0.25) is 0 Å². The Morgan fingerprint density at radius 2 is 2.00 bits per heavy atom. The molecule has 5 heteroatoms. The van der Waals surface area contributed by atoms with E-state index >= 15 is 0 Å². The van der Waals surface area contributed by atoms with Crippen LogP contribution in [0, 0.1) is 0 Å². The van der Waals surface area contributed by atoms with Crippen LogP contribution in [-0.4, -0.2) is 44.8 Å². The van der Waals surface area contributed by atoms with Crippen LogP contribution < -0.4 is 14.8 Å². The van der Waals surface area contributed by atoms with Crippen LogP contribution in [0.2, 0.25) is 5.02 Å². The fourth-order valence-electron chi connectivity index (χ4n) is 3.01. The molecular weight excluding hydrogens is 312 g/mol. The number of halogens is 1. The van der Waals surface area contributed by atoms with E-state index in [0.717, 1.165) is 44.6 Å². The van der Waals surface area contributed by atoms with Gasteiger partial charge in [-0.05, 0) is 50.6 Å². The van der Waals surface area contributed by atoms with Crippen molar-refractivity contribution in [3.8, 4) is 11.5 Å². The van der Waals surface area contributed by atoms with Crippen molar-refractivity contribution >= 4 is 11.6 Å². The molecule has 1 aliphatic rings. The second-order valence-electron chi connectivity index (χ2n) is 6.20. The number of nitrogens with one attached hydrogen (secondary N) is 1. The van der Waals surface area contributed by atoms with Crippen molar-refractivity contribution in [2.45, 2.75) is 32.4 Å². The first-order valence-corrected chi connectivity index (χ1v) is 8.41. The summed E-state index contributed by atoms with van der Waals surface area (Å²) in [7, 11) is 3.23. The van der Waals surface area contributed by atoms with Gasteiger partial charge < -0.3 is 14.8 Å². The van der Waals surface area contributed by atoms with E-state index in [0.29, 0.717) is 22.6 Å². The minimum Gasteiger partial charge on any atom is -0.493 e. The van der Waals surface area contributed by atoms with Crippen LogP contribution in [0.5, 0.6) is 11.5 Å². The quantitative estimate of drug-likeness (QED) is 0.772. The lowest BCUT2D eigenvalue weighted by Gasteiger charge is -2.32. The highest BCUT2D eigenvalue weighted by atomic mass is 35.5. The average Bonchev–Trinajstić information content (AvgIpc) is 2.53. The molecule has 0 saturated carbocycles. The van der Waals surface area contributed by atoms with Crippen molar-refractivity contribution < 1.29 is 9.47 Å². The second kappa shape index (κ2) is 8.57. The summed E-state index contributed by atoms with van der Waals surface area (Å²) in [6, 6.07) is 4.46. The maximum atomic E-state index is 6.25. The third-order valence-corrected chi connectivity index (χ3v) is 4.45. The molecule has 1 aromatic rings. The first-order chi connectivity index (χ1) is 11.0. The van der Waals surface area contributed by atoms with Crippen molar-refractivity contribution in [2.75, 3.05) is 33.9 Å². The number of likely N-dealkylation sites (tertiary alicyclic amines) is 1. The zero-order valence-corrected chi connectivity index (χ0v) is 15.1. The van der Waals surface area contributed by atoms with Gasteiger partial charge in [0.15, 0.2) is 11.5 Å². The highest BCUT2D eigenvalue weighted by Gasteiger charge is 2.19. The molecule has 1 fully saturated rings. The summed E-state index contributed by atoms with van der Waals surface area (Å²) in [5, 5.41) is 4.21. The van der Waals surface area contributed by atoms with Crippen molar-refractivity contribution in [3.63, 3.8) is 0 Å². The number of nitrogens with zero attached hydrogens (tertiary/aromatic N) is 1. The molecule has 0 amide bonds. The predicted octanol–water partition coefficient (Wildman–Crippen LogP) is 3.49. The number of piperidine rings is 1. The van der Waals surface area contributed by atoms with Gasteiger partial charge in [-0.3, -0.25) is 4.90 Å². The first kappa shape index (κ1) is 18.1. The van der Waals surface area contributed by atoms with Crippen LogP contribution >= 0.6 is 11.6 Å². The summed E-state index contributed by atoms with van der Waals surface area (Å²) in [4.78, 5) is 2.47. The smallest absolute Gasteiger partial charge is 0.179 e. The number of hydrogen-bond donors (Lipinski definition) is 1. The number of rotatable bonds is 7. The van der Waals surface area contributed by atoms with Crippen molar-refractivity contribution in [1.29, 1.82) is 0 Å². The topological polar surface area (TPSA) is 33.7 Å². The van der Waals surface area contributed by atoms with Crippen molar-refractivity contribution in [1.82, 2.24) is 10.2 Å². The van der Waals surface area contributed by atoms with E-state index in [1.807, 2.05) is 12.1 Å². The molecule has 2 rings (SSSR count). The van der Waals surface area contributed by atoms with Gasteiger partial charge in [-0.1, -0.05) is 23.8 Å². The van der Waals surface area contributed by atoms with E-state index in [1.54, 1.807) is 14.2 Å². The van der Waals surface area contributed by atoms with Gasteiger partial charge in [-0.15, -0.1) is 0 Å². The fraction of sp³-hybridized carbons (Fsp3) is 0.556. The van der Waals surface area contributed by atoms with E-state index in [4.69, 9.17) is 21.1 Å². The molecule has 1 N–H and O–H groups in total. The number of ether oxygens (including phenoxy) is 2. The highest BCUT2D eigenvalue weighted by Crippen LogP contribution is 2.36. The molecule has 1 saturated heterocycles. The molecule has 0 radical (unpaired) electrons. The molecular formula is C18H27ClN2O2. The van der Waals surface area contributed by atoms with Crippen LogP contribution in [0.25, 0.3) is 0 Å². The molecule has 0 bridgehead atoms. The zero-order valence-electron chi connectivity index (χ0n) is 14.3. The lowest BCUT2D eigenvalue weighted by molar-refractivity contribution is 0.211. The maximum Gasteiger partial charge on any atom is 0.179 e. The average molecular weight is 339 g/mol. The normalized spacial score (nSPS) is 16.3. The van der Waals surface area contributed by atoms with Crippen LogP contribution in [0.15, 0.2) is 24.3 Å². The van der Waals surface area contributed by atoms with E-state index in [9.17, 15) is 0 Å². The van der Waals surface area contributed by atoms with E-state index in [1.165, 1.54) is 5.57 Å². The van der Waals surface area contributed by atoms with Gasteiger partial charge in [-0.25, -0.2) is 0 Å². The molecule has 1 heterocycles. The Morgan fingerprint density at radius 3 is 2.57 bits per heavy atom. The van der Waals surface area contributed by atoms with Gasteiger partial charge in [0.1, 0.15) is 0 Å². The van der Waals surface area contributed by atoms with Crippen molar-refractivity contribution in [2.24, 2.45) is 0 Å². The summed E-state index contributed by atoms with van der Waals surface area (Å²) in [6.07, 6.45) is 2.32. The third-order valence-electron chi connectivity index (χ3n) is 4.17. The summed E-state index contributed by atoms with van der Waals surface area (Å²) in [5.41, 5.74) is 2.34. The monoisotopic (exact) mass is 338 g/mol. The van der Waals surface area contributed by atoms with Crippen LogP contribution in [0.3, 0.4) is 0 Å². The van der Waals surface area contributed by atoms with Crippen LogP contribution in [0.4, 0.5) is 0 Å². The van der Waals surface area contributed by atoms with E-state index < -0.39 is 0 Å². The Hall–Kier alpha value is -1.23. The number of methoxy groups -OCH3 is 2. The summed E-state index contributed by atoms with van der Waals surface area (Å²) in [5.74, 6) is 1.26. The highest BCUT2D eigenvalue weighted by molar-refractivity contribution is 6.32. The number of benzene rings is 1. The molecule has 128 valence electrons. The van der Waals surface area contributed by atoms with Gasteiger partial charge in [0.25, 0.3) is 0 Å². The summed E-state index contributed by atoms with van der Waals surface area (Å²) in [6.45, 7) is 10.1. The zero-order chi connectivity index (χ0) is 16.8. The minimum atomic E-state index is 0.545. The lowest BCUT2D eigenvalue weighted by Crippen LogP contribution is -2.42. The predicted molar refractivity (Wildman–Crippen MR) is 95.7 cm³/mol. The summed E-state index contributed by atoms with van der Waals surface area (Å²) < 4.78 is 10.6. The third kappa shape index (κ3) is 5.13. The summed E-state index contributed by atoms with van der Waals surface area (Å²) >= 11 is 6.25. The maximum absolute atomic E-state index is 6.25. The minimum absolute atomic E-state index is 0.545. The van der Waals surface area contributed by atoms with Gasteiger partial charge in [-0.2, -0.15) is 0 Å². The number of hydrogen-bond acceptors (Lipinski definition) is 4. The van der Waals surface area contributed by atoms with Gasteiger partial charge in [0.05, 0.1) is 19.2 Å². The van der Waals surface area contributed by atoms with E-state index in [2.05, 4.69) is 23.7 Å². The lowest BCUT2D eigenvalue weighted by atomic mass is 10.0. The SMILES string of the molecule is C=C(C)CN1CCC(NCc2cc(Cl)c(OC)c(OC)c2)CC1. The Balaban J connectivity index is 1.87. The van der Waals surface area contributed by atoms with Gasteiger partial charge in [0, 0.05) is 19.1 Å². The van der Waals surface area contributed by atoms with Crippen LogP contribution in [-0.2, 0) is 6.54 Å². The Morgan fingerprint density at radius 1 is 1.30 bits per heavy atom.